The number of imidazole rings is 1. The Hall–Kier alpha value is -1.93. The number of carbonyl (C=O) groups is 1. The van der Waals surface area contributed by atoms with Gasteiger partial charge in [0.05, 0.1) is 17.3 Å². The molecular weight excluding hydrogens is 328 g/mol. The van der Waals surface area contributed by atoms with Crippen LogP contribution >= 0.6 is 0 Å². The van der Waals surface area contributed by atoms with Gasteiger partial charge in [0, 0.05) is 32.0 Å². The molecule has 2 heterocycles. The quantitative estimate of drug-likeness (QED) is 0.847. The summed E-state index contributed by atoms with van der Waals surface area (Å²) in [5.74, 6) is 1.31. The van der Waals surface area contributed by atoms with Gasteiger partial charge in [-0.05, 0) is 25.0 Å². The van der Waals surface area contributed by atoms with E-state index in [0.29, 0.717) is 19.0 Å². The maximum Gasteiger partial charge on any atom is 0.223 e. The van der Waals surface area contributed by atoms with Crippen LogP contribution < -0.4 is 4.72 Å². The fourth-order valence-corrected chi connectivity index (χ4v) is 3.54. The number of benzene rings is 1. The zero-order chi connectivity index (χ0) is 17.2. The third-order valence-electron chi connectivity index (χ3n) is 4.35. The number of aromatic nitrogens is 2. The second-order valence-electron chi connectivity index (χ2n) is 6.21. The van der Waals surface area contributed by atoms with Crippen molar-refractivity contribution < 1.29 is 13.2 Å². The molecule has 1 aliphatic heterocycles. The van der Waals surface area contributed by atoms with Crippen molar-refractivity contribution in [1.82, 2.24) is 19.6 Å². The third kappa shape index (κ3) is 4.12. The van der Waals surface area contributed by atoms with Crippen molar-refractivity contribution in [2.75, 3.05) is 25.9 Å². The molecule has 0 unspecified atom stereocenters. The van der Waals surface area contributed by atoms with Gasteiger partial charge in [0.1, 0.15) is 5.82 Å². The molecule has 0 aliphatic carbocycles. The van der Waals surface area contributed by atoms with Crippen molar-refractivity contribution in [3.63, 3.8) is 0 Å². The number of para-hydroxylation sites is 2. The number of piperidine rings is 1. The van der Waals surface area contributed by atoms with Crippen LogP contribution in [0.2, 0.25) is 0 Å². The molecule has 1 aromatic heterocycles. The molecule has 0 atom stereocenters. The van der Waals surface area contributed by atoms with Crippen LogP contribution in [0.4, 0.5) is 0 Å². The fourth-order valence-electron chi connectivity index (χ4n) is 3.07. The topological polar surface area (TPSA) is 95.2 Å². The molecule has 7 nitrogen and oxygen atoms in total. The Morgan fingerprint density at radius 3 is 2.71 bits per heavy atom. The zero-order valence-electron chi connectivity index (χ0n) is 13.7. The molecule has 130 valence electrons. The lowest BCUT2D eigenvalue weighted by molar-refractivity contribution is -0.132. The van der Waals surface area contributed by atoms with Crippen LogP contribution in [-0.4, -0.2) is 55.1 Å². The van der Waals surface area contributed by atoms with Crippen molar-refractivity contribution in [2.45, 2.75) is 25.2 Å². The summed E-state index contributed by atoms with van der Waals surface area (Å²) >= 11 is 0. The number of nitrogens with one attached hydrogen (secondary N) is 2. The number of rotatable bonds is 5. The zero-order valence-corrected chi connectivity index (χ0v) is 14.5. The number of amides is 1. The molecule has 0 saturated carbocycles. The molecule has 2 N–H and O–H groups in total. The van der Waals surface area contributed by atoms with Crippen molar-refractivity contribution in [3.8, 4) is 0 Å². The number of likely N-dealkylation sites (tertiary alicyclic amines) is 1. The second kappa shape index (κ2) is 6.90. The van der Waals surface area contributed by atoms with E-state index in [0.717, 1.165) is 36.0 Å². The SMILES string of the molecule is CS(=O)(=O)NCCC(=O)N1CCC(c2nc3ccccc3[nH]2)CC1. The van der Waals surface area contributed by atoms with Gasteiger partial charge in [-0.1, -0.05) is 12.1 Å². The Balaban J connectivity index is 1.52. The van der Waals surface area contributed by atoms with E-state index >= 15 is 0 Å². The van der Waals surface area contributed by atoms with Gasteiger partial charge in [0.15, 0.2) is 0 Å². The van der Waals surface area contributed by atoms with E-state index in [4.69, 9.17) is 0 Å². The van der Waals surface area contributed by atoms with Crippen molar-refractivity contribution in [1.29, 1.82) is 0 Å². The predicted octanol–water partition coefficient (Wildman–Crippen LogP) is 1.21. The minimum Gasteiger partial charge on any atom is -0.343 e. The maximum atomic E-state index is 12.1. The molecular formula is C16H22N4O3S. The maximum absolute atomic E-state index is 12.1. The van der Waals surface area contributed by atoms with E-state index in [1.165, 1.54) is 0 Å². The summed E-state index contributed by atoms with van der Waals surface area (Å²) in [6.45, 7) is 1.51. The molecule has 1 fully saturated rings. The standard InChI is InChI=1S/C16H22N4O3S/c1-24(22,23)17-9-6-15(21)20-10-7-12(8-11-20)16-18-13-4-2-3-5-14(13)19-16/h2-5,12,17H,6-11H2,1H3,(H,18,19). The van der Waals surface area contributed by atoms with Gasteiger partial charge in [0.25, 0.3) is 0 Å². The highest BCUT2D eigenvalue weighted by Gasteiger charge is 2.25. The van der Waals surface area contributed by atoms with E-state index in [-0.39, 0.29) is 18.9 Å². The Kier molecular flexibility index (Phi) is 4.86. The Morgan fingerprint density at radius 2 is 2.04 bits per heavy atom. The van der Waals surface area contributed by atoms with Crippen molar-refractivity contribution in [2.24, 2.45) is 0 Å². The summed E-state index contributed by atoms with van der Waals surface area (Å²) in [4.78, 5) is 22.0. The number of fused-ring (bicyclic) bond motifs is 1. The minimum absolute atomic E-state index is 0.00536. The first kappa shape index (κ1) is 16.9. The first-order valence-electron chi connectivity index (χ1n) is 8.09. The van der Waals surface area contributed by atoms with Gasteiger partial charge in [-0.15, -0.1) is 0 Å². The Morgan fingerprint density at radius 1 is 1.33 bits per heavy atom. The monoisotopic (exact) mass is 350 g/mol. The molecule has 1 saturated heterocycles. The Labute approximate surface area is 141 Å². The van der Waals surface area contributed by atoms with Gasteiger partial charge in [0.2, 0.25) is 15.9 Å². The fraction of sp³-hybridized carbons (Fsp3) is 0.500. The number of aromatic amines is 1. The predicted molar refractivity (Wildman–Crippen MR) is 92.1 cm³/mol. The lowest BCUT2D eigenvalue weighted by atomic mass is 9.96. The molecule has 1 aromatic carbocycles. The normalized spacial score (nSPS) is 16.6. The van der Waals surface area contributed by atoms with Crippen LogP contribution in [0.25, 0.3) is 11.0 Å². The summed E-state index contributed by atoms with van der Waals surface area (Å²) < 4.78 is 24.4. The lowest BCUT2D eigenvalue weighted by Crippen LogP contribution is -2.39. The van der Waals surface area contributed by atoms with Gasteiger partial charge in [-0.25, -0.2) is 18.1 Å². The molecule has 0 radical (unpaired) electrons. The number of hydrogen-bond acceptors (Lipinski definition) is 4. The molecule has 24 heavy (non-hydrogen) atoms. The first-order chi connectivity index (χ1) is 11.4. The van der Waals surface area contributed by atoms with Gasteiger partial charge < -0.3 is 9.88 Å². The van der Waals surface area contributed by atoms with Gasteiger partial charge in [-0.2, -0.15) is 0 Å². The summed E-state index contributed by atoms with van der Waals surface area (Å²) in [5.41, 5.74) is 2.01. The summed E-state index contributed by atoms with van der Waals surface area (Å²) in [6.07, 6.45) is 3.02. The molecule has 8 heteroatoms. The van der Waals surface area contributed by atoms with E-state index < -0.39 is 10.0 Å². The molecule has 0 spiro atoms. The third-order valence-corrected chi connectivity index (χ3v) is 5.07. The number of H-pyrrole nitrogens is 1. The molecule has 0 bridgehead atoms. The smallest absolute Gasteiger partial charge is 0.223 e. The van der Waals surface area contributed by atoms with E-state index in [1.807, 2.05) is 29.2 Å². The Bertz CT molecular complexity index is 790. The number of sulfonamides is 1. The van der Waals surface area contributed by atoms with Crippen LogP contribution in [0.15, 0.2) is 24.3 Å². The van der Waals surface area contributed by atoms with Crippen LogP contribution in [0.1, 0.15) is 31.0 Å². The van der Waals surface area contributed by atoms with Gasteiger partial charge >= 0.3 is 0 Å². The van der Waals surface area contributed by atoms with E-state index in [2.05, 4.69) is 14.7 Å². The highest BCUT2D eigenvalue weighted by atomic mass is 32.2. The first-order valence-corrected chi connectivity index (χ1v) is 9.98. The van der Waals surface area contributed by atoms with E-state index in [1.54, 1.807) is 0 Å². The number of nitrogens with zero attached hydrogens (tertiary/aromatic N) is 2. The van der Waals surface area contributed by atoms with Crippen molar-refractivity contribution >= 4 is 27.0 Å². The van der Waals surface area contributed by atoms with Crippen LogP contribution in [0.3, 0.4) is 0 Å². The summed E-state index contributed by atoms with van der Waals surface area (Å²) in [5, 5.41) is 0. The van der Waals surface area contributed by atoms with Crippen molar-refractivity contribution in [3.05, 3.63) is 30.1 Å². The highest BCUT2D eigenvalue weighted by molar-refractivity contribution is 7.88. The minimum atomic E-state index is -3.24. The molecule has 1 amide bonds. The number of carbonyl (C=O) groups excluding carboxylic acids is 1. The average Bonchev–Trinajstić information content (AvgIpc) is 2.98. The molecule has 3 rings (SSSR count). The largest absolute Gasteiger partial charge is 0.343 e. The molecule has 1 aliphatic rings. The average molecular weight is 350 g/mol. The number of hydrogen-bond donors (Lipinski definition) is 2. The summed E-state index contributed by atoms with van der Waals surface area (Å²) in [7, 11) is -3.24. The molecule has 2 aromatic rings. The van der Waals surface area contributed by atoms with Crippen LogP contribution in [0.5, 0.6) is 0 Å². The lowest BCUT2D eigenvalue weighted by Gasteiger charge is -2.31. The highest BCUT2D eigenvalue weighted by Crippen LogP contribution is 2.27. The summed E-state index contributed by atoms with van der Waals surface area (Å²) in [6, 6.07) is 7.96. The van der Waals surface area contributed by atoms with Crippen LogP contribution in [-0.2, 0) is 14.8 Å². The van der Waals surface area contributed by atoms with Crippen LogP contribution in [0, 0.1) is 0 Å². The van der Waals surface area contributed by atoms with E-state index in [9.17, 15) is 13.2 Å². The second-order valence-corrected chi connectivity index (χ2v) is 8.04. The van der Waals surface area contributed by atoms with Gasteiger partial charge in [-0.3, -0.25) is 4.79 Å².